The number of thioether (sulfide) groups is 1. The molecule has 0 bridgehead atoms. The monoisotopic (exact) mass is 611 g/mol. The number of carbonyl (C=O) groups excluding carboxylic acids is 3. The van der Waals surface area contributed by atoms with Gasteiger partial charge in [-0.2, -0.15) is 11.8 Å². The maximum Gasteiger partial charge on any atom is 0.329 e. The lowest BCUT2D eigenvalue weighted by Gasteiger charge is -2.24. The van der Waals surface area contributed by atoms with E-state index in [9.17, 15) is 14.4 Å². The minimum Gasteiger partial charge on any atom is -0.459 e. The predicted molar refractivity (Wildman–Crippen MR) is 175 cm³/mol. The summed E-state index contributed by atoms with van der Waals surface area (Å²) in [4.78, 5) is 47.0. The van der Waals surface area contributed by atoms with Crippen LogP contribution in [-0.4, -0.2) is 57.9 Å². The summed E-state index contributed by atoms with van der Waals surface area (Å²) in [6.07, 6.45) is 6.50. The van der Waals surface area contributed by atoms with Crippen molar-refractivity contribution in [1.29, 1.82) is 0 Å². The molecule has 0 spiro atoms. The van der Waals surface area contributed by atoms with Crippen LogP contribution >= 0.6 is 11.8 Å². The molecule has 0 aliphatic carbocycles. The number of rotatable bonds is 14. The minimum atomic E-state index is -1.00. The average molecular weight is 612 g/mol. The molecule has 0 aliphatic rings. The van der Waals surface area contributed by atoms with Crippen LogP contribution in [0.4, 0.5) is 0 Å². The van der Waals surface area contributed by atoms with Crippen molar-refractivity contribution in [2.45, 2.75) is 44.0 Å². The molecule has 5 aromatic rings. The molecule has 0 aliphatic heterocycles. The van der Waals surface area contributed by atoms with Crippen LogP contribution in [0.5, 0.6) is 0 Å². The molecular formula is C34H37N5O4S. The SMILES string of the molecule is CSCC[C@H](N)C(=O)N[C@@H](Cc1c[nH]c2ccccc12)C(=O)N[C@@H](Cc1c[nH]c2ccccc12)C(=O)OCc1ccccc1. The number of fused-ring (bicyclic) bond motifs is 2. The number of ether oxygens (including phenoxy) is 1. The van der Waals surface area contributed by atoms with Crippen LogP contribution in [0.25, 0.3) is 21.8 Å². The third-order valence-corrected chi connectivity index (χ3v) is 8.27. The number of aromatic nitrogens is 2. The number of esters is 1. The highest BCUT2D eigenvalue weighted by atomic mass is 32.2. The van der Waals surface area contributed by atoms with Gasteiger partial charge in [0.05, 0.1) is 6.04 Å². The number of benzene rings is 3. The number of hydrogen-bond donors (Lipinski definition) is 5. The fraction of sp³-hybridized carbons (Fsp3) is 0.265. The van der Waals surface area contributed by atoms with Gasteiger partial charge in [0.25, 0.3) is 0 Å². The molecule has 0 saturated carbocycles. The molecule has 2 heterocycles. The Labute approximate surface area is 260 Å². The zero-order chi connectivity index (χ0) is 30.9. The molecule has 10 heteroatoms. The fourth-order valence-electron chi connectivity index (χ4n) is 5.20. The standard InChI is InChI=1S/C34H37N5O4S/c1-44-16-15-27(35)32(40)38-30(17-23-19-36-28-13-7-5-11-25(23)28)33(41)39-31(34(42)43-21-22-9-3-2-4-10-22)18-24-20-37-29-14-8-6-12-26(24)29/h2-14,19-20,27,30-31,36-37H,15-18,21,35H2,1H3,(H,38,40)(H,39,41)/t27-,30-,31-/m0/s1. The van der Waals surface area contributed by atoms with Crippen LogP contribution < -0.4 is 16.4 Å². The summed E-state index contributed by atoms with van der Waals surface area (Å²) in [6, 6.07) is 22.2. The number of carbonyl (C=O) groups is 3. The Morgan fingerprint density at radius 3 is 1.93 bits per heavy atom. The topological polar surface area (TPSA) is 142 Å². The van der Waals surface area contributed by atoms with Gasteiger partial charge in [-0.25, -0.2) is 4.79 Å². The molecule has 0 fully saturated rings. The van der Waals surface area contributed by atoms with Crippen molar-refractivity contribution in [2.24, 2.45) is 5.73 Å². The first-order valence-electron chi connectivity index (χ1n) is 14.6. The summed E-state index contributed by atoms with van der Waals surface area (Å²) in [5.41, 5.74) is 10.6. The van der Waals surface area contributed by atoms with Crippen LogP contribution in [0.1, 0.15) is 23.1 Å². The first-order valence-corrected chi connectivity index (χ1v) is 16.0. The second kappa shape index (κ2) is 14.8. The Bertz CT molecular complexity index is 1720. The molecule has 9 nitrogen and oxygen atoms in total. The molecule has 2 aromatic heterocycles. The van der Waals surface area contributed by atoms with Crippen molar-refractivity contribution in [2.75, 3.05) is 12.0 Å². The summed E-state index contributed by atoms with van der Waals surface area (Å²) >= 11 is 1.60. The lowest BCUT2D eigenvalue weighted by Crippen LogP contribution is -2.55. The Hall–Kier alpha value is -4.54. The van der Waals surface area contributed by atoms with Gasteiger partial charge in [0.2, 0.25) is 11.8 Å². The lowest BCUT2D eigenvalue weighted by atomic mass is 10.0. The number of aromatic amines is 2. The molecule has 0 unspecified atom stereocenters. The molecule has 44 heavy (non-hydrogen) atoms. The largest absolute Gasteiger partial charge is 0.459 e. The number of amides is 2. The number of hydrogen-bond acceptors (Lipinski definition) is 6. The number of nitrogens with one attached hydrogen (secondary N) is 4. The Balaban J connectivity index is 1.39. The third kappa shape index (κ3) is 7.69. The van der Waals surface area contributed by atoms with Gasteiger partial charge in [-0.1, -0.05) is 66.7 Å². The van der Waals surface area contributed by atoms with Crippen LogP contribution in [0.15, 0.2) is 91.3 Å². The summed E-state index contributed by atoms with van der Waals surface area (Å²) in [6.45, 7) is 0.0692. The van der Waals surface area contributed by atoms with E-state index in [0.29, 0.717) is 12.2 Å². The fourth-order valence-corrected chi connectivity index (χ4v) is 5.69. The van der Waals surface area contributed by atoms with Crippen LogP contribution in [-0.2, 0) is 38.6 Å². The van der Waals surface area contributed by atoms with Gasteiger partial charge in [0.1, 0.15) is 18.7 Å². The minimum absolute atomic E-state index is 0.0692. The summed E-state index contributed by atoms with van der Waals surface area (Å²) < 4.78 is 5.68. The van der Waals surface area contributed by atoms with Crippen molar-refractivity contribution in [3.63, 3.8) is 0 Å². The van der Waals surface area contributed by atoms with Gasteiger partial charge < -0.3 is 31.1 Å². The molecule has 5 rings (SSSR count). The number of para-hydroxylation sites is 2. The molecule has 0 radical (unpaired) electrons. The summed E-state index contributed by atoms with van der Waals surface area (Å²) in [5, 5.41) is 7.67. The second-order valence-corrected chi connectivity index (χ2v) is 11.7. The Morgan fingerprint density at radius 2 is 1.32 bits per heavy atom. The highest BCUT2D eigenvalue weighted by molar-refractivity contribution is 7.98. The zero-order valence-electron chi connectivity index (χ0n) is 24.5. The zero-order valence-corrected chi connectivity index (χ0v) is 25.4. The van der Waals surface area contributed by atoms with Crippen molar-refractivity contribution < 1.29 is 19.1 Å². The van der Waals surface area contributed by atoms with Crippen LogP contribution in [0, 0.1) is 0 Å². The van der Waals surface area contributed by atoms with E-state index in [1.807, 2.05) is 97.5 Å². The smallest absolute Gasteiger partial charge is 0.329 e. The number of H-pyrrole nitrogens is 2. The van der Waals surface area contributed by atoms with E-state index >= 15 is 0 Å². The molecule has 0 saturated heterocycles. The summed E-state index contributed by atoms with van der Waals surface area (Å²) in [7, 11) is 0. The predicted octanol–water partition coefficient (Wildman–Crippen LogP) is 4.23. The van der Waals surface area contributed by atoms with Gasteiger partial charge in [-0.05, 0) is 47.3 Å². The van der Waals surface area contributed by atoms with E-state index in [-0.39, 0.29) is 19.4 Å². The van der Waals surface area contributed by atoms with Gasteiger partial charge in [0.15, 0.2) is 0 Å². The van der Waals surface area contributed by atoms with Crippen molar-refractivity contribution >= 4 is 51.4 Å². The first-order chi connectivity index (χ1) is 21.4. The molecular weight excluding hydrogens is 574 g/mol. The molecule has 3 atom stereocenters. The maximum atomic E-state index is 14.0. The Morgan fingerprint density at radius 1 is 0.773 bits per heavy atom. The van der Waals surface area contributed by atoms with Gasteiger partial charge in [-0.3, -0.25) is 9.59 Å². The van der Waals surface area contributed by atoms with Crippen molar-refractivity contribution in [3.05, 3.63) is 108 Å². The van der Waals surface area contributed by atoms with Crippen molar-refractivity contribution in [1.82, 2.24) is 20.6 Å². The average Bonchev–Trinajstić information content (AvgIpc) is 3.66. The Kier molecular flexibility index (Phi) is 10.4. The molecule has 6 N–H and O–H groups in total. The molecule has 3 aromatic carbocycles. The third-order valence-electron chi connectivity index (χ3n) is 7.63. The first kappa shape index (κ1) is 30.9. The van der Waals surface area contributed by atoms with E-state index in [1.165, 1.54) is 0 Å². The van der Waals surface area contributed by atoms with Crippen molar-refractivity contribution in [3.8, 4) is 0 Å². The highest BCUT2D eigenvalue weighted by Gasteiger charge is 2.30. The van der Waals surface area contributed by atoms with E-state index in [2.05, 4.69) is 20.6 Å². The van der Waals surface area contributed by atoms with E-state index in [1.54, 1.807) is 11.8 Å². The second-order valence-electron chi connectivity index (χ2n) is 10.7. The van der Waals surface area contributed by atoms with E-state index in [0.717, 1.165) is 38.5 Å². The quantitative estimate of drug-likeness (QED) is 0.119. The van der Waals surface area contributed by atoms with Gasteiger partial charge in [0, 0.05) is 47.0 Å². The normalized spacial score (nSPS) is 13.3. The summed E-state index contributed by atoms with van der Waals surface area (Å²) in [5.74, 6) is -0.768. The van der Waals surface area contributed by atoms with E-state index < -0.39 is 35.9 Å². The van der Waals surface area contributed by atoms with E-state index in [4.69, 9.17) is 10.5 Å². The maximum absolute atomic E-state index is 14.0. The lowest BCUT2D eigenvalue weighted by molar-refractivity contribution is -0.149. The van der Waals surface area contributed by atoms with Gasteiger partial charge >= 0.3 is 5.97 Å². The van der Waals surface area contributed by atoms with Crippen LogP contribution in [0.2, 0.25) is 0 Å². The number of nitrogens with two attached hydrogens (primary N) is 1. The highest BCUT2D eigenvalue weighted by Crippen LogP contribution is 2.21. The molecule has 228 valence electrons. The van der Waals surface area contributed by atoms with Crippen LogP contribution in [0.3, 0.4) is 0 Å². The molecule has 2 amide bonds. The van der Waals surface area contributed by atoms with Gasteiger partial charge in [-0.15, -0.1) is 0 Å².